The molecule has 102 valence electrons. The van der Waals surface area contributed by atoms with Crippen LogP contribution >= 0.6 is 0 Å². The number of hydrogen-bond acceptors (Lipinski definition) is 4. The van der Waals surface area contributed by atoms with Gasteiger partial charge in [0.05, 0.1) is 17.7 Å². The lowest BCUT2D eigenvalue weighted by Gasteiger charge is -2.32. The van der Waals surface area contributed by atoms with Gasteiger partial charge in [-0.1, -0.05) is 11.6 Å². The van der Waals surface area contributed by atoms with E-state index in [4.69, 9.17) is 0 Å². The van der Waals surface area contributed by atoms with Gasteiger partial charge in [0.1, 0.15) is 0 Å². The molecule has 3 rings (SSSR count). The Bertz CT molecular complexity index is 668. The van der Waals surface area contributed by atoms with Crippen LogP contribution in [0.2, 0.25) is 0 Å². The third-order valence-corrected chi connectivity index (χ3v) is 3.29. The molecule has 1 saturated heterocycles. The van der Waals surface area contributed by atoms with Crippen LogP contribution in [0.3, 0.4) is 0 Å². The first-order chi connectivity index (χ1) is 9.49. The van der Waals surface area contributed by atoms with Gasteiger partial charge in [0.2, 0.25) is 5.91 Å². The average Bonchev–Trinajstić information content (AvgIpc) is 2.63. The number of benzene rings is 1. The van der Waals surface area contributed by atoms with E-state index < -0.39 is 23.8 Å². The predicted molar refractivity (Wildman–Crippen MR) is 66.5 cm³/mol. The molecular formula is C13H11N3O4. The van der Waals surface area contributed by atoms with E-state index in [0.29, 0.717) is 0 Å². The van der Waals surface area contributed by atoms with E-state index in [1.54, 1.807) is 18.2 Å². The van der Waals surface area contributed by atoms with E-state index in [0.717, 1.165) is 15.6 Å². The van der Waals surface area contributed by atoms with E-state index in [9.17, 15) is 19.2 Å². The third-order valence-electron chi connectivity index (χ3n) is 3.29. The van der Waals surface area contributed by atoms with E-state index in [1.807, 2.05) is 6.92 Å². The van der Waals surface area contributed by atoms with Gasteiger partial charge in [0.25, 0.3) is 11.8 Å². The lowest BCUT2D eigenvalue weighted by Crippen LogP contribution is -2.58. The minimum Gasteiger partial charge on any atom is -0.276 e. The van der Waals surface area contributed by atoms with Crippen molar-refractivity contribution < 1.29 is 19.2 Å². The number of urea groups is 1. The van der Waals surface area contributed by atoms with E-state index in [-0.39, 0.29) is 24.1 Å². The first-order valence-electron chi connectivity index (χ1n) is 6.10. The smallest absolute Gasteiger partial charge is 0.276 e. The molecular weight excluding hydrogens is 262 g/mol. The summed E-state index contributed by atoms with van der Waals surface area (Å²) in [7, 11) is 0. The van der Waals surface area contributed by atoms with E-state index >= 15 is 0 Å². The number of carbonyl (C=O) groups is 4. The number of imide groups is 2. The second-order valence-corrected chi connectivity index (χ2v) is 4.70. The maximum Gasteiger partial charge on any atom is 0.343 e. The molecule has 1 fully saturated rings. The molecule has 0 saturated carbocycles. The zero-order chi connectivity index (χ0) is 14.4. The van der Waals surface area contributed by atoms with Gasteiger partial charge in [-0.3, -0.25) is 19.7 Å². The van der Waals surface area contributed by atoms with Crippen LogP contribution < -0.4 is 5.32 Å². The molecule has 1 N–H and O–H groups in total. The monoisotopic (exact) mass is 273 g/mol. The molecule has 0 aliphatic carbocycles. The van der Waals surface area contributed by atoms with Gasteiger partial charge in [0.15, 0.2) is 0 Å². The summed E-state index contributed by atoms with van der Waals surface area (Å²) in [6, 6.07) is 4.15. The molecule has 0 atom stereocenters. The predicted octanol–water partition coefficient (Wildman–Crippen LogP) is 0.448. The fourth-order valence-electron chi connectivity index (χ4n) is 2.31. The Balaban J connectivity index is 1.97. The van der Waals surface area contributed by atoms with Gasteiger partial charge in [0, 0.05) is 6.42 Å². The van der Waals surface area contributed by atoms with Gasteiger partial charge in [-0.05, 0) is 19.1 Å². The Morgan fingerprint density at radius 2 is 1.75 bits per heavy atom. The summed E-state index contributed by atoms with van der Waals surface area (Å²) < 4.78 is 0. The number of fused-ring (bicyclic) bond motifs is 1. The highest BCUT2D eigenvalue weighted by Crippen LogP contribution is 2.26. The molecule has 2 aliphatic heterocycles. The van der Waals surface area contributed by atoms with Crippen molar-refractivity contribution in [2.75, 3.05) is 6.54 Å². The Labute approximate surface area is 114 Å². The van der Waals surface area contributed by atoms with Crippen LogP contribution in [0.5, 0.6) is 0 Å². The molecule has 7 heteroatoms. The van der Waals surface area contributed by atoms with Crippen LogP contribution in [0.4, 0.5) is 4.79 Å². The second-order valence-electron chi connectivity index (χ2n) is 4.70. The number of nitrogens with zero attached hydrogens (tertiary/aromatic N) is 2. The summed E-state index contributed by atoms with van der Waals surface area (Å²) >= 11 is 0. The first-order valence-corrected chi connectivity index (χ1v) is 6.10. The van der Waals surface area contributed by atoms with Gasteiger partial charge in [-0.25, -0.2) is 9.80 Å². The van der Waals surface area contributed by atoms with Crippen molar-refractivity contribution in [2.45, 2.75) is 13.3 Å². The Kier molecular flexibility index (Phi) is 2.56. The molecule has 0 radical (unpaired) electrons. The van der Waals surface area contributed by atoms with Crippen LogP contribution in [0, 0.1) is 6.92 Å². The molecule has 1 aromatic carbocycles. The minimum absolute atomic E-state index is 0.00905. The molecule has 20 heavy (non-hydrogen) atoms. The molecule has 2 aliphatic rings. The van der Waals surface area contributed by atoms with Crippen LogP contribution in [0.15, 0.2) is 18.2 Å². The molecule has 7 nitrogen and oxygen atoms in total. The quantitative estimate of drug-likeness (QED) is 0.752. The number of hydrogen-bond donors (Lipinski definition) is 1. The summed E-state index contributed by atoms with van der Waals surface area (Å²) in [6.45, 7) is 1.82. The van der Waals surface area contributed by atoms with Crippen molar-refractivity contribution >= 4 is 23.8 Å². The Morgan fingerprint density at radius 3 is 2.45 bits per heavy atom. The van der Waals surface area contributed by atoms with Crippen LogP contribution in [-0.2, 0) is 4.79 Å². The zero-order valence-corrected chi connectivity index (χ0v) is 10.7. The van der Waals surface area contributed by atoms with Gasteiger partial charge >= 0.3 is 6.03 Å². The van der Waals surface area contributed by atoms with Crippen molar-refractivity contribution in [1.29, 1.82) is 0 Å². The summed E-state index contributed by atoms with van der Waals surface area (Å²) in [5.41, 5.74) is 1.40. The maximum absolute atomic E-state index is 12.3. The highest BCUT2D eigenvalue weighted by Gasteiger charge is 2.42. The van der Waals surface area contributed by atoms with Gasteiger partial charge in [-0.15, -0.1) is 0 Å². The van der Waals surface area contributed by atoms with Crippen molar-refractivity contribution in [1.82, 2.24) is 15.3 Å². The molecule has 0 unspecified atom stereocenters. The lowest BCUT2D eigenvalue weighted by atomic mass is 10.1. The highest BCUT2D eigenvalue weighted by molar-refractivity contribution is 6.22. The Morgan fingerprint density at radius 1 is 1.05 bits per heavy atom. The summed E-state index contributed by atoms with van der Waals surface area (Å²) in [4.78, 5) is 47.4. The van der Waals surface area contributed by atoms with Crippen molar-refractivity contribution in [3.63, 3.8) is 0 Å². The van der Waals surface area contributed by atoms with Crippen LogP contribution in [-0.4, -0.2) is 40.3 Å². The highest BCUT2D eigenvalue weighted by atomic mass is 16.2. The van der Waals surface area contributed by atoms with E-state index in [2.05, 4.69) is 5.32 Å². The standard InChI is InChI=1S/C13H11N3O4/c1-7-2-3-8-9(6-7)12(19)16(11(8)18)15-5-4-10(17)14-13(15)20/h2-3,6H,4-5H2,1H3,(H,14,17,20). The first kappa shape index (κ1) is 12.3. The lowest BCUT2D eigenvalue weighted by molar-refractivity contribution is -0.122. The number of nitrogens with one attached hydrogen (secondary N) is 1. The maximum atomic E-state index is 12.3. The van der Waals surface area contributed by atoms with Gasteiger partial charge < -0.3 is 0 Å². The van der Waals surface area contributed by atoms with Crippen LogP contribution in [0.25, 0.3) is 0 Å². The summed E-state index contributed by atoms with van der Waals surface area (Å²) in [5.74, 6) is -1.51. The summed E-state index contributed by atoms with van der Waals surface area (Å²) in [6.07, 6.45) is 0.0537. The van der Waals surface area contributed by atoms with Crippen molar-refractivity contribution in [3.8, 4) is 0 Å². The zero-order valence-electron chi connectivity index (χ0n) is 10.7. The minimum atomic E-state index is -0.757. The number of amides is 5. The van der Waals surface area contributed by atoms with Crippen molar-refractivity contribution in [2.24, 2.45) is 0 Å². The number of aryl methyl sites for hydroxylation is 1. The molecule has 2 heterocycles. The fraction of sp³-hybridized carbons (Fsp3) is 0.231. The molecule has 0 bridgehead atoms. The second kappa shape index (κ2) is 4.16. The number of hydrazine groups is 1. The molecule has 5 amide bonds. The van der Waals surface area contributed by atoms with Crippen molar-refractivity contribution in [3.05, 3.63) is 34.9 Å². The van der Waals surface area contributed by atoms with E-state index in [1.165, 1.54) is 0 Å². The number of rotatable bonds is 1. The SMILES string of the molecule is Cc1ccc2c(c1)C(=O)N(N1CCC(=O)NC1=O)C2=O. The Hall–Kier alpha value is -2.70. The summed E-state index contributed by atoms with van der Waals surface area (Å²) in [5, 5.41) is 3.86. The average molecular weight is 273 g/mol. The largest absolute Gasteiger partial charge is 0.343 e. The van der Waals surface area contributed by atoms with Crippen LogP contribution in [0.1, 0.15) is 32.7 Å². The topological polar surface area (TPSA) is 86.8 Å². The third kappa shape index (κ3) is 1.67. The molecule has 0 spiro atoms. The molecule has 0 aromatic heterocycles. The molecule has 1 aromatic rings. The normalized spacial score (nSPS) is 18.4. The fourth-order valence-corrected chi connectivity index (χ4v) is 2.31. The van der Waals surface area contributed by atoms with Gasteiger partial charge in [-0.2, -0.15) is 5.01 Å². The number of carbonyl (C=O) groups excluding carboxylic acids is 4.